The van der Waals surface area contributed by atoms with Gasteiger partial charge < -0.3 is 16.0 Å². The van der Waals surface area contributed by atoms with Gasteiger partial charge in [0, 0.05) is 48.0 Å². The molecule has 0 radical (unpaired) electrons. The summed E-state index contributed by atoms with van der Waals surface area (Å²) in [5.41, 5.74) is 8.75. The van der Waals surface area contributed by atoms with Crippen LogP contribution in [-0.4, -0.2) is 31.5 Å². The third-order valence-electron chi connectivity index (χ3n) is 8.61. The van der Waals surface area contributed by atoms with Gasteiger partial charge in [0.15, 0.2) is 0 Å². The van der Waals surface area contributed by atoms with Gasteiger partial charge in [-0.05, 0) is 86.5 Å². The number of aliphatic imine (C=N–C) groups is 1. The summed E-state index contributed by atoms with van der Waals surface area (Å²) in [5.74, 6) is 2.01. The van der Waals surface area contributed by atoms with Gasteiger partial charge in [0.25, 0.3) is 0 Å². The van der Waals surface area contributed by atoms with Gasteiger partial charge in [-0.2, -0.15) is 0 Å². The van der Waals surface area contributed by atoms with Crippen molar-refractivity contribution in [1.82, 2.24) is 21.3 Å². The van der Waals surface area contributed by atoms with Crippen molar-refractivity contribution in [2.75, 3.05) is 19.6 Å². The number of hydrogen-bond acceptors (Lipinski definition) is 5. The average Bonchev–Trinajstić information content (AvgIpc) is 3.41. The van der Waals surface area contributed by atoms with Crippen molar-refractivity contribution in [2.45, 2.75) is 64.5 Å². The Morgan fingerprint density at radius 2 is 2.08 bits per heavy atom. The van der Waals surface area contributed by atoms with Gasteiger partial charge in [-0.3, -0.25) is 5.32 Å². The van der Waals surface area contributed by atoms with E-state index in [1.54, 1.807) is 11.3 Å². The molecule has 6 heteroatoms. The topological polar surface area (TPSA) is 60.5 Å². The van der Waals surface area contributed by atoms with E-state index in [9.17, 15) is 0 Å². The fourth-order valence-corrected chi connectivity index (χ4v) is 6.33. The first-order valence-corrected chi connectivity index (χ1v) is 15.3. The molecule has 2 aliphatic heterocycles. The molecule has 4 N–H and O–H groups in total. The molecular formula is C34H44ClN5. The maximum absolute atomic E-state index is 6.51. The molecule has 0 amide bonds. The van der Waals surface area contributed by atoms with Crippen LogP contribution in [0.5, 0.6) is 0 Å². The molecule has 0 fully saturated rings. The fraction of sp³-hybridized carbons (Fsp3) is 0.441. The van der Waals surface area contributed by atoms with E-state index in [-0.39, 0.29) is 6.17 Å². The number of halogens is 1. The Labute approximate surface area is 245 Å². The minimum absolute atomic E-state index is 0.0768. The molecule has 0 saturated carbocycles. The first kappa shape index (κ1) is 28.5. The van der Waals surface area contributed by atoms with Crippen molar-refractivity contribution < 1.29 is 0 Å². The van der Waals surface area contributed by atoms with Crippen LogP contribution in [0.15, 0.2) is 101 Å². The lowest BCUT2D eigenvalue weighted by molar-refractivity contribution is 0.426. The van der Waals surface area contributed by atoms with E-state index in [0.29, 0.717) is 11.8 Å². The van der Waals surface area contributed by atoms with Crippen LogP contribution in [0.4, 0.5) is 0 Å². The molecule has 0 saturated heterocycles. The molecule has 5 nitrogen and oxygen atoms in total. The van der Waals surface area contributed by atoms with Crippen molar-refractivity contribution in [2.24, 2.45) is 16.8 Å². The van der Waals surface area contributed by atoms with Crippen LogP contribution in [0.25, 0.3) is 0 Å². The lowest BCUT2D eigenvalue weighted by Gasteiger charge is -2.29. The summed E-state index contributed by atoms with van der Waals surface area (Å²) in [6.45, 7) is 13.1. The Balaban J connectivity index is 1.06. The van der Waals surface area contributed by atoms with E-state index >= 15 is 0 Å². The van der Waals surface area contributed by atoms with E-state index in [4.69, 9.17) is 16.6 Å². The third-order valence-corrected chi connectivity index (χ3v) is 8.94. The maximum atomic E-state index is 6.51. The van der Waals surface area contributed by atoms with Crippen molar-refractivity contribution >= 4 is 17.3 Å². The normalized spacial score (nSPS) is 25.3. The maximum Gasteiger partial charge on any atom is 0.130 e. The van der Waals surface area contributed by atoms with E-state index in [0.717, 1.165) is 72.3 Å². The fourth-order valence-electron chi connectivity index (χ4n) is 6.09. The first-order valence-electron chi connectivity index (χ1n) is 14.9. The van der Waals surface area contributed by atoms with Gasteiger partial charge in [0.05, 0.1) is 11.9 Å². The Hall–Kier alpha value is -3.02. The molecule has 2 aliphatic carbocycles. The zero-order valence-electron chi connectivity index (χ0n) is 23.9. The van der Waals surface area contributed by atoms with Crippen molar-refractivity contribution in [3.05, 3.63) is 106 Å². The van der Waals surface area contributed by atoms with E-state index < -0.39 is 0 Å². The zero-order valence-corrected chi connectivity index (χ0v) is 24.6. The van der Waals surface area contributed by atoms with Crippen LogP contribution in [0.1, 0.15) is 63.9 Å². The highest BCUT2D eigenvalue weighted by Gasteiger charge is 2.27. The Kier molecular flexibility index (Phi) is 9.66. The minimum atomic E-state index is 0.0768. The molecule has 2 heterocycles. The number of allylic oxidation sites excluding steroid dienone is 5. The minimum Gasteiger partial charge on any atom is -0.388 e. The Morgan fingerprint density at radius 1 is 1.23 bits per heavy atom. The molecule has 40 heavy (non-hydrogen) atoms. The van der Waals surface area contributed by atoms with E-state index in [2.05, 4.69) is 52.7 Å². The van der Waals surface area contributed by atoms with Gasteiger partial charge >= 0.3 is 0 Å². The lowest BCUT2D eigenvalue weighted by atomic mass is 9.87. The smallest absolute Gasteiger partial charge is 0.130 e. The second kappa shape index (κ2) is 13.6. The summed E-state index contributed by atoms with van der Waals surface area (Å²) in [4.78, 5) is 4.87. The highest BCUT2D eigenvalue weighted by atomic mass is 35.5. The third kappa shape index (κ3) is 7.18. The van der Waals surface area contributed by atoms with Crippen molar-refractivity contribution in [1.29, 1.82) is 0 Å². The second-order valence-corrected chi connectivity index (χ2v) is 11.9. The van der Waals surface area contributed by atoms with Crippen LogP contribution in [0, 0.1) is 11.8 Å². The van der Waals surface area contributed by atoms with Gasteiger partial charge in [-0.1, -0.05) is 67.3 Å². The molecule has 0 aromatic heterocycles. The molecule has 1 aromatic rings. The SMILES string of the molecule is C=C/C(C)=C1/N=C(c2ccccc2Cl)CC(NCC2C=CC(CNC(=C)CCC3CNC4=C3CCCC4)=CC2)N1. The number of benzene rings is 1. The van der Waals surface area contributed by atoms with E-state index in [1.165, 1.54) is 37.7 Å². The molecule has 1 aromatic carbocycles. The molecule has 0 spiro atoms. The van der Waals surface area contributed by atoms with Crippen LogP contribution >= 0.6 is 11.6 Å². The molecule has 0 bridgehead atoms. The zero-order chi connectivity index (χ0) is 27.9. The molecule has 4 aliphatic rings. The number of nitrogens with one attached hydrogen (secondary N) is 4. The van der Waals surface area contributed by atoms with Crippen LogP contribution in [0.2, 0.25) is 5.02 Å². The van der Waals surface area contributed by atoms with Crippen LogP contribution in [-0.2, 0) is 0 Å². The highest BCUT2D eigenvalue weighted by molar-refractivity contribution is 6.34. The molecule has 3 unspecified atom stereocenters. The van der Waals surface area contributed by atoms with Crippen molar-refractivity contribution in [3.63, 3.8) is 0 Å². The highest BCUT2D eigenvalue weighted by Crippen LogP contribution is 2.35. The average molecular weight is 558 g/mol. The summed E-state index contributed by atoms with van der Waals surface area (Å²) in [6, 6.07) is 7.93. The summed E-state index contributed by atoms with van der Waals surface area (Å²) in [5, 5.41) is 15.2. The molecular weight excluding hydrogens is 514 g/mol. The number of nitrogens with zero attached hydrogens (tertiary/aromatic N) is 1. The lowest BCUT2D eigenvalue weighted by Crippen LogP contribution is -2.47. The predicted octanol–water partition coefficient (Wildman–Crippen LogP) is 6.89. The second-order valence-electron chi connectivity index (χ2n) is 11.5. The number of hydrogen-bond donors (Lipinski definition) is 4. The summed E-state index contributed by atoms with van der Waals surface area (Å²) < 4.78 is 0. The molecule has 5 rings (SSSR count). The molecule has 3 atom stereocenters. The van der Waals surface area contributed by atoms with Gasteiger partial charge in [-0.25, -0.2) is 4.99 Å². The quantitative estimate of drug-likeness (QED) is 0.239. The molecule has 212 valence electrons. The van der Waals surface area contributed by atoms with E-state index in [1.807, 2.05) is 37.3 Å². The summed E-state index contributed by atoms with van der Waals surface area (Å²) in [7, 11) is 0. The van der Waals surface area contributed by atoms with Gasteiger partial charge in [-0.15, -0.1) is 0 Å². The van der Waals surface area contributed by atoms with Crippen LogP contribution < -0.4 is 21.3 Å². The largest absolute Gasteiger partial charge is 0.388 e. The predicted molar refractivity (Wildman–Crippen MR) is 169 cm³/mol. The first-order chi connectivity index (χ1) is 19.5. The monoisotopic (exact) mass is 557 g/mol. The summed E-state index contributed by atoms with van der Waals surface area (Å²) in [6.07, 6.45) is 18.2. The standard InChI is InChI=1S/C34H44ClN5/c1-4-23(2)34-39-32(29-10-5-7-11-30(29)35)19-33(40-34)38-21-26-16-14-25(15-17-26)20-36-24(3)13-18-27-22-37-31-12-8-6-9-28(27)31/h4-5,7,10-11,14-16,26-27,33,36-38,40H,1,3,6,8-9,12-13,17-22H2,2H3/b34-23-. The van der Waals surface area contributed by atoms with Crippen molar-refractivity contribution in [3.8, 4) is 0 Å². The summed E-state index contributed by atoms with van der Waals surface area (Å²) >= 11 is 6.51. The van der Waals surface area contributed by atoms with Crippen LogP contribution in [0.3, 0.4) is 0 Å². The van der Waals surface area contributed by atoms with Gasteiger partial charge in [0.2, 0.25) is 0 Å². The van der Waals surface area contributed by atoms with Gasteiger partial charge in [0.1, 0.15) is 5.82 Å². The Bertz CT molecular complexity index is 1270. The number of rotatable bonds is 11. The Morgan fingerprint density at radius 3 is 2.88 bits per heavy atom.